The number of aliphatic hydroxyl groups excluding tert-OH is 2. The number of benzene rings is 5. The van der Waals surface area contributed by atoms with Crippen molar-refractivity contribution in [1.29, 1.82) is 0 Å². The number of aldehydes is 1. The zero-order chi connectivity index (χ0) is 80.8. The van der Waals surface area contributed by atoms with E-state index in [1.807, 2.05) is 52.0 Å². The highest BCUT2D eigenvalue weighted by Crippen LogP contribution is 2.49. The number of rotatable bonds is 41. The van der Waals surface area contributed by atoms with Gasteiger partial charge < -0.3 is 83.5 Å². The number of aliphatic hydroxyl groups is 2. The fraction of sp³-hybridized carbons (Fsp3) is 0.532. The van der Waals surface area contributed by atoms with E-state index in [1.54, 1.807) is 85.8 Å². The first-order valence-electron chi connectivity index (χ1n) is 36.9. The minimum absolute atomic E-state index is 0.0333. The topological polar surface area (TPSA) is 413 Å². The molecule has 4 heterocycles. The molecule has 5 aromatic rings. The molecule has 3 unspecified atom stereocenters. The number of nitrogens with zero attached hydrogens (tertiary/aromatic N) is 2. The molecule has 9 rings (SSSR count). The van der Waals surface area contributed by atoms with Crippen LogP contribution < -0.4 is 29.9 Å². The molecule has 4 aliphatic rings. The molecule has 4 saturated heterocycles. The fourth-order valence-electron chi connectivity index (χ4n) is 12.5. The first kappa shape index (κ1) is 90.0. The Bertz CT molecular complexity index is 4000. The Morgan fingerprint density at radius 3 is 1.42 bits per heavy atom. The molecule has 0 aliphatic carbocycles. The summed E-state index contributed by atoms with van der Waals surface area (Å²) in [6.07, 6.45) is -3.63. The summed E-state index contributed by atoms with van der Waals surface area (Å²) in [7, 11) is -8.85. The lowest BCUT2D eigenvalue weighted by Gasteiger charge is -2.31. The van der Waals surface area contributed by atoms with Gasteiger partial charge in [-0.1, -0.05) is 94.4 Å². The number of carbonyl (C=O) groups is 6. The zero-order valence-electron chi connectivity index (χ0n) is 63.8. The van der Waals surface area contributed by atoms with Gasteiger partial charge >= 0.3 is 37.7 Å². The Balaban J connectivity index is 0.000000288. The summed E-state index contributed by atoms with van der Waals surface area (Å²) in [4.78, 5) is 69.6. The first-order chi connectivity index (χ1) is 52.9. The molecule has 612 valence electrons. The van der Waals surface area contributed by atoms with Crippen LogP contribution in [0.5, 0.6) is 17.2 Å². The van der Waals surface area contributed by atoms with Gasteiger partial charge in [-0.15, -0.1) is 0 Å². The van der Waals surface area contributed by atoms with Crippen molar-refractivity contribution in [3.8, 4) is 17.2 Å². The normalized spacial score (nSPS) is 19.8. The molecular formula is C77H106N5O26PS2. The average molecular weight is 1610 g/mol. The monoisotopic (exact) mass is 1610 g/mol. The van der Waals surface area contributed by atoms with Crippen molar-refractivity contribution in [2.75, 3.05) is 86.1 Å². The Morgan fingerprint density at radius 1 is 0.586 bits per heavy atom. The van der Waals surface area contributed by atoms with Crippen molar-refractivity contribution in [3.05, 3.63) is 150 Å². The van der Waals surface area contributed by atoms with Crippen molar-refractivity contribution in [2.24, 2.45) is 23.7 Å². The van der Waals surface area contributed by atoms with Crippen molar-refractivity contribution >= 4 is 64.0 Å². The number of ether oxygens (including phenoxy) is 9. The number of amides is 2. The minimum Gasteiger partial charge on any atom is -0.497 e. The molecule has 7 N–H and O–H groups in total. The second-order valence-electron chi connectivity index (χ2n) is 27.9. The largest absolute Gasteiger partial charge is 0.497 e. The predicted octanol–water partition coefficient (Wildman–Crippen LogP) is 8.46. The fourth-order valence-corrected chi connectivity index (χ4v) is 17.4. The van der Waals surface area contributed by atoms with E-state index in [2.05, 4.69) is 16.0 Å². The summed E-state index contributed by atoms with van der Waals surface area (Å²) in [6, 6.07) is 33.0. The van der Waals surface area contributed by atoms with E-state index in [9.17, 15) is 60.4 Å². The van der Waals surface area contributed by atoms with Crippen LogP contribution in [0.2, 0.25) is 0 Å². The van der Waals surface area contributed by atoms with Crippen LogP contribution in [0.15, 0.2) is 137 Å². The molecule has 0 spiro atoms. The standard InChI is InChI=1S/C42H58N3O13PS.C29H38N2O9S.C6H10O4/c1-6-53-40(47)30(4)57-59(49,58-34-10-8-7-9-11-34)23-21-43-25-32-14-12-31(13-15-32)24-37(44-42(48)56-39-28-55-41-36(39)20-22-54-41)38(46)27-45(26-29(2)3)60(50,51)35-18-16-33(52-5)17-19-35;1-19(2)15-31(41(35,36)23-10-8-22(37-3)9-11-23)16-26(33)25(14-20-4-6-21(17-32)7-5-20)30-29(34)40-27-18-39-28-24(27)12-13-38-28;7-5(8)3-1-2-4-6(9)10/h7-19,29-30,36-39,41,43,46H,6,20-28H2,1-5H3,(H,44,48);4-11,17,19,24-28,33H,12-16,18H2,1-3H3,(H,30,34);1-4H2,(H,7,8)(H,9,10)/t30-,36-,37-,38+,39?,41+,59?;24-,25-,26+,27?,28+;/m00./s1. The molecule has 0 radical (unpaired) electrons. The summed E-state index contributed by atoms with van der Waals surface area (Å²) in [5.74, 6) is -1.28. The molecule has 5 aromatic carbocycles. The van der Waals surface area contributed by atoms with Gasteiger partial charge in [0.2, 0.25) is 20.0 Å². The Hall–Kier alpha value is -8.15. The number of carboxylic acid groups (broad SMARTS) is 2. The van der Waals surface area contributed by atoms with Gasteiger partial charge in [0.15, 0.2) is 18.7 Å². The van der Waals surface area contributed by atoms with Crippen LogP contribution in [0.3, 0.4) is 0 Å². The number of carbonyl (C=O) groups excluding carboxylic acids is 4. The Kier molecular flexibility index (Phi) is 36.0. The van der Waals surface area contributed by atoms with Crippen LogP contribution in [0.25, 0.3) is 0 Å². The highest BCUT2D eigenvalue weighted by molar-refractivity contribution is 7.89. The van der Waals surface area contributed by atoms with Gasteiger partial charge in [-0.2, -0.15) is 8.61 Å². The van der Waals surface area contributed by atoms with Gasteiger partial charge in [-0.3, -0.25) is 18.9 Å². The summed E-state index contributed by atoms with van der Waals surface area (Å²) in [6.45, 7) is 12.6. The Morgan fingerprint density at radius 2 is 1.02 bits per heavy atom. The van der Waals surface area contributed by atoms with Gasteiger partial charge in [-0.05, 0) is 142 Å². The number of fused-ring (bicyclic) bond motifs is 2. The number of aliphatic carboxylic acids is 2. The summed E-state index contributed by atoms with van der Waals surface area (Å²) in [5, 5.41) is 48.2. The maximum atomic E-state index is 13.9. The van der Waals surface area contributed by atoms with Crippen LogP contribution in [0.4, 0.5) is 9.59 Å². The first-order valence-corrected chi connectivity index (χ1v) is 41.5. The SMILES string of the molecule is CCOC(=O)[C@H](C)OP(=O)(CCNCc1ccc(C[C@H](NC(=O)OC2CO[C@H]3OCC[C@@H]23)[C@H](O)CN(CC(C)C)S(=O)(=O)c2ccc(OC)cc2)cc1)Oc1ccccc1.COc1ccc(S(=O)(=O)N(CC(C)C)C[C@@H](O)[C@H](Cc2ccc(C=O)cc2)NC(=O)OC2CO[C@H]3OCC[C@@H]23)cc1.O=C(O)CCCCC(=O)O. The van der Waals surface area contributed by atoms with Crippen LogP contribution in [-0.2, 0) is 96.1 Å². The molecular weight excluding hydrogens is 1510 g/mol. The number of carboxylic acids is 2. The lowest BCUT2D eigenvalue weighted by atomic mass is 10.00. The molecule has 0 bridgehead atoms. The lowest BCUT2D eigenvalue weighted by molar-refractivity contribution is -0.150. The average Bonchev–Trinajstić information content (AvgIpc) is 1.64. The molecule has 0 saturated carbocycles. The molecule has 31 nitrogen and oxygen atoms in total. The van der Waals surface area contributed by atoms with Crippen molar-refractivity contribution in [1.82, 2.24) is 24.6 Å². The van der Waals surface area contributed by atoms with Gasteiger partial charge in [0.05, 0.1) is 99.3 Å². The molecule has 34 heteroatoms. The third kappa shape index (κ3) is 28.8. The van der Waals surface area contributed by atoms with E-state index in [1.165, 1.54) is 54.0 Å². The number of alkyl carbamates (subject to hydrolysis) is 2. The second kappa shape index (κ2) is 44.3. The Labute approximate surface area is 648 Å². The van der Waals surface area contributed by atoms with E-state index in [0.29, 0.717) is 68.3 Å². The van der Waals surface area contributed by atoms with E-state index in [4.69, 9.17) is 61.9 Å². The van der Waals surface area contributed by atoms with E-state index in [0.717, 1.165) is 23.0 Å². The summed E-state index contributed by atoms with van der Waals surface area (Å²) in [5.41, 5.74) is 2.86. The molecule has 2 amide bonds. The molecule has 111 heavy (non-hydrogen) atoms. The maximum absolute atomic E-state index is 13.9. The van der Waals surface area contributed by atoms with Crippen molar-refractivity contribution in [2.45, 2.75) is 164 Å². The second-order valence-corrected chi connectivity index (χ2v) is 33.8. The minimum atomic E-state index is -4.05. The number of hydrogen-bond acceptors (Lipinski definition) is 25. The third-order valence-electron chi connectivity index (χ3n) is 18.2. The molecule has 4 fully saturated rings. The number of para-hydroxylation sites is 1. The van der Waals surface area contributed by atoms with Gasteiger partial charge in [0, 0.05) is 57.7 Å². The zero-order valence-corrected chi connectivity index (χ0v) is 66.3. The number of hydrogen-bond donors (Lipinski definition) is 7. The van der Waals surface area contributed by atoms with Crippen molar-refractivity contribution < 1.29 is 122 Å². The number of sulfonamides is 2. The lowest BCUT2D eigenvalue weighted by Crippen LogP contribution is -2.51. The third-order valence-corrected chi connectivity index (χ3v) is 23.8. The number of unbranched alkanes of at least 4 members (excludes halogenated alkanes) is 1. The molecule has 0 aromatic heterocycles. The predicted molar refractivity (Wildman–Crippen MR) is 405 cm³/mol. The van der Waals surface area contributed by atoms with Crippen LogP contribution in [0, 0.1) is 23.7 Å². The quantitative estimate of drug-likeness (QED) is 0.00634. The van der Waals surface area contributed by atoms with Gasteiger partial charge in [0.25, 0.3) is 0 Å². The molecule has 12 atom stereocenters. The van der Waals surface area contributed by atoms with Crippen LogP contribution in [0.1, 0.15) is 107 Å². The highest BCUT2D eigenvalue weighted by Gasteiger charge is 2.46. The maximum Gasteiger partial charge on any atom is 0.407 e. The number of esters is 1. The summed E-state index contributed by atoms with van der Waals surface area (Å²) < 4.78 is 132. The van der Waals surface area contributed by atoms with E-state index < -0.39 is 113 Å². The summed E-state index contributed by atoms with van der Waals surface area (Å²) >= 11 is 0. The van der Waals surface area contributed by atoms with Crippen LogP contribution >= 0.6 is 7.60 Å². The smallest absolute Gasteiger partial charge is 0.407 e. The van der Waals surface area contributed by atoms with Crippen LogP contribution in [-0.4, -0.2) is 224 Å². The number of methoxy groups -OCH3 is 2. The highest BCUT2D eigenvalue weighted by atomic mass is 32.2. The van der Waals surface area contributed by atoms with Crippen molar-refractivity contribution in [3.63, 3.8) is 0 Å². The molecule has 4 aliphatic heterocycles. The van der Waals surface area contributed by atoms with Gasteiger partial charge in [-0.25, -0.2) is 35.8 Å². The van der Waals surface area contributed by atoms with E-state index in [-0.39, 0.29) is 118 Å². The van der Waals surface area contributed by atoms with E-state index >= 15 is 0 Å². The number of nitrogens with one attached hydrogen (secondary N) is 3. The van der Waals surface area contributed by atoms with Gasteiger partial charge in [0.1, 0.15) is 35.7 Å².